The minimum atomic E-state index is 0.536. The first kappa shape index (κ1) is 15.3. The van der Waals surface area contributed by atoms with E-state index in [1.807, 2.05) is 12.1 Å². The monoisotopic (exact) mass is 268 g/mol. The first-order chi connectivity index (χ1) is 8.65. The number of benzene rings is 1. The number of hydrogen-bond donors (Lipinski definition) is 1. The second-order valence-corrected chi connectivity index (χ2v) is 4.97. The maximum atomic E-state index is 6.35. The maximum absolute atomic E-state index is 6.35. The molecular weight excluding hydrogens is 244 g/mol. The Kier molecular flexibility index (Phi) is 6.51. The summed E-state index contributed by atoms with van der Waals surface area (Å²) >= 11 is 6.35. The van der Waals surface area contributed by atoms with Crippen molar-refractivity contribution in [1.29, 1.82) is 0 Å². The predicted octanol–water partition coefficient (Wildman–Crippen LogP) is 4.07. The molecule has 1 aromatic rings. The lowest BCUT2D eigenvalue weighted by atomic mass is 10.1. The Bertz CT molecular complexity index is 366. The molecule has 0 radical (unpaired) electrons. The number of rotatable bonds is 7. The van der Waals surface area contributed by atoms with E-state index in [0.29, 0.717) is 6.04 Å². The number of nitrogens with one attached hydrogen (secondary N) is 1. The van der Waals surface area contributed by atoms with E-state index >= 15 is 0 Å². The second-order valence-electron chi connectivity index (χ2n) is 4.56. The summed E-state index contributed by atoms with van der Waals surface area (Å²) in [6.45, 7) is 11.6. The quantitative estimate of drug-likeness (QED) is 0.802. The lowest BCUT2D eigenvalue weighted by Crippen LogP contribution is -2.33. The average molecular weight is 269 g/mol. The number of anilines is 1. The molecule has 0 aliphatic rings. The summed E-state index contributed by atoms with van der Waals surface area (Å²) in [7, 11) is 0. The van der Waals surface area contributed by atoms with E-state index in [1.54, 1.807) is 0 Å². The lowest BCUT2D eigenvalue weighted by Gasteiger charge is -2.32. The van der Waals surface area contributed by atoms with Gasteiger partial charge >= 0.3 is 0 Å². The molecular formula is C15H25ClN2. The van der Waals surface area contributed by atoms with Gasteiger partial charge in [0, 0.05) is 35.4 Å². The van der Waals surface area contributed by atoms with Crippen molar-refractivity contribution >= 4 is 17.3 Å². The van der Waals surface area contributed by atoms with E-state index in [9.17, 15) is 0 Å². The molecule has 0 aromatic heterocycles. The van der Waals surface area contributed by atoms with Crippen molar-refractivity contribution in [3.8, 4) is 0 Å². The normalized spacial score (nSPS) is 12.5. The van der Waals surface area contributed by atoms with Crippen molar-refractivity contribution in [2.75, 3.05) is 18.0 Å². The van der Waals surface area contributed by atoms with E-state index < -0.39 is 0 Å². The Hall–Kier alpha value is -0.730. The van der Waals surface area contributed by atoms with Crippen LogP contribution in [-0.2, 0) is 6.54 Å². The summed E-state index contributed by atoms with van der Waals surface area (Å²) in [6, 6.07) is 6.73. The molecule has 102 valence electrons. The zero-order valence-electron chi connectivity index (χ0n) is 12.0. The molecule has 0 aliphatic heterocycles. The molecule has 1 rings (SSSR count). The lowest BCUT2D eigenvalue weighted by molar-refractivity contribution is 0.623. The topological polar surface area (TPSA) is 15.3 Å². The highest BCUT2D eigenvalue weighted by Crippen LogP contribution is 2.29. The van der Waals surface area contributed by atoms with Crippen LogP contribution in [0.3, 0.4) is 0 Å². The van der Waals surface area contributed by atoms with Crippen LogP contribution < -0.4 is 10.2 Å². The highest BCUT2D eigenvalue weighted by Gasteiger charge is 2.16. The van der Waals surface area contributed by atoms with Crippen molar-refractivity contribution in [3.05, 3.63) is 28.8 Å². The summed E-state index contributed by atoms with van der Waals surface area (Å²) in [5, 5.41) is 4.23. The Morgan fingerprint density at radius 3 is 2.56 bits per heavy atom. The van der Waals surface area contributed by atoms with Crippen LogP contribution in [-0.4, -0.2) is 19.1 Å². The van der Waals surface area contributed by atoms with Gasteiger partial charge in [-0.25, -0.2) is 0 Å². The molecule has 1 aromatic carbocycles. The molecule has 0 saturated heterocycles. The van der Waals surface area contributed by atoms with Crippen molar-refractivity contribution in [2.24, 2.45) is 0 Å². The molecule has 2 nitrogen and oxygen atoms in total. The number of hydrogen-bond acceptors (Lipinski definition) is 2. The molecule has 3 heteroatoms. The van der Waals surface area contributed by atoms with Crippen molar-refractivity contribution in [2.45, 2.75) is 46.7 Å². The van der Waals surface area contributed by atoms with E-state index in [2.05, 4.69) is 44.0 Å². The molecule has 1 N–H and O–H groups in total. The van der Waals surface area contributed by atoms with Crippen molar-refractivity contribution < 1.29 is 0 Å². The van der Waals surface area contributed by atoms with Gasteiger partial charge in [0.25, 0.3) is 0 Å². The van der Waals surface area contributed by atoms with Crippen molar-refractivity contribution in [1.82, 2.24) is 5.32 Å². The van der Waals surface area contributed by atoms with Gasteiger partial charge in [-0.2, -0.15) is 0 Å². The van der Waals surface area contributed by atoms with E-state index in [-0.39, 0.29) is 0 Å². The summed E-state index contributed by atoms with van der Waals surface area (Å²) in [5.74, 6) is 0. The molecule has 0 bridgehead atoms. The number of nitrogens with zero attached hydrogens (tertiary/aromatic N) is 1. The van der Waals surface area contributed by atoms with Gasteiger partial charge in [-0.15, -0.1) is 0 Å². The van der Waals surface area contributed by atoms with Crippen LogP contribution in [0.4, 0.5) is 5.69 Å². The van der Waals surface area contributed by atoms with Gasteiger partial charge in [-0.05, 0) is 38.9 Å². The van der Waals surface area contributed by atoms with Gasteiger partial charge in [-0.1, -0.05) is 31.5 Å². The predicted molar refractivity (Wildman–Crippen MR) is 81.6 cm³/mol. The van der Waals surface area contributed by atoms with E-state index in [4.69, 9.17) is 11.6 Å². The fourth-order valence-corrected chi connectivity index (χ4v) is 2.42. The molecule has 18 heavy (non-hydrogen) atoms. The average Bonchev–Trinajstić information content (AvgIpc) is 2.38. The molecule has 0 heterocycles. The summed E-state index contributed by atoms with van der Waals surface area (Å²) in [6.07, 6.45) is 1.14. The molecule has 1 atom stereocenters. The third kappa shape index (κ3) is 3.63. The molecule has 0 saturated carbocycles. The smallest absolute Gasteiger partial charge is 0.0471 e. The zero-order valence-corrected chi connectivity index (χ0v) is 12.7. The van der Waals surface area contributed by atoms with Gasteiger partial charge in [-0.3, -0.25) is 0 Å². The third-order valence-electron chi connectivity index (χ3n) is 3.42. The van der Waals surface area contributed by atoms with Crippen LogP contribution in [0.2, 0.25) is 5.02 Å². The highest BCUT2D eigenvalue weighted by atomic mass is 35.5. The summed E-state index contributed by atoms with van der Waals surface area (Å²) < 4.78 is 0. The minimum absolute atomic E-state index is 0.536. The Morgan fingerprint density at radius 2 is 2.00 bits per heavy atom. The first-order valence-electron chi connectivity index (χ1n) is 6.90. The van der Waals surface area contributed by atoms with Gasteiger partial charge in [0.2, 0.25) is 0 Å². The molecule has 0 amide bonds. The van der Waals surface area contributed by atoms with Crippen LogP contribution in [0, 0.1) is 0 Å². The van der Waals surface area contributed by atoms with Gasteiger partial charge in [0.05, 0.1) is 0 Å². The third-order valence-corrected chi connectivity index (χ3v) is 3.77. The summed E-state index contributed by atoms with van der Waals surface area (Å²) in [5.41, 5.74) is 2.48. The number of halogens is 1. The van der Waals surface area contributed by atoms with Gasteiger partial charge < -0.3 is 10.2 Å². The second kappa shape index (κ2) is 7.65. The van der Waals surface area contributed by atoms with Crippen molar-refractivity contribution in [3.63, 3.8) is 0 Å². The fourth-order valence-electron chi connectivity index (χ4n) is 2.18. The zero-order chi connectivity index (χ0) is 13.5. The summed E-state index contributed by atoms with van der Waals surface area (Å²) in [4.78, 5) is 2.43. The Labute approximate surface area is 116 Å². The van der Waals surface area contributed by atoms with Crippen LogP contribution >= 0.6 is 11.6 Å². The van der Waals surface area contributed by atoms with Gasteiger partial charge in [0.15, 0.2) is 0 Å². The molecule has 0 aliphatic carbocycles. The molecule has 0 spiro atoms. The first-order valence-corrected chi connectivity index (χ1v) is 7.28. The Balaban J connectivity index is 3.08. The highest BCUT2D eigenvalue weighted by molar-refractivity contribution is 6.31. The van der Waals surface area contributed by atoms with E-state index in [0.717, 1.165) is 31.1 Å². The van der Waals surface area contributed by atoms with Crippen LogP contribution in [0.5, 0.6) is 0 Å². The molecule has 0 fully saturated rings. The largest absolute Gasteiger partial charge is 0.369 e. The Morgan fingerprint density at radius 1 is 1.28 bits per heavy atom. The van der Waals surface area contributed by atoms with Crippen LogP contribution in [0.25, 0.3) is 0 Å². The minimum Gasteiger partial charge on any atom is -0.369 e. The molecule has 1 unspecified atom stereocenters. The maximum Gasteiger partial charge on any atom is 0.0471 e. The standard InChI is InChI=1S/C15H25ClN2/c1-5-12(4)18(7-3)15-10-8-9-14(16)13(15)11-17-6-2/h8-10,12,17H,5-7,11H2,1-4H3. The van der Waals surface area contributed by atoms with Gasteiger partial charge in [0.1, 0.15) is 0 Å². The van der Waals surface area contributed by atoms with Crippen LogP contribution in [0.1, 0.15) is 39.7 Å². The SMILES string of the molecule is CCNCc1c(Cl)cccc1N(CC)C(C)CC. The van der Waals surface area contributed by atoms with Crippen LogP contribution in [0.15, 0.2) is 18.2 Å². The van der Waals surface area contributed by atoms with E-state index in [1.165, 1.54) is 11.3 Å². The fraction of sp³-hybridized carbons (Fsp3) is 0.600.